The number of aliphatic hydroxyl groups is 1. The molecule has 0 aliphatic carbocycles. The summed E-state index contributed by atoms with van der Waals surface area (Å²) < 4.78 is 0. The maximum atomic E-state index is 10.8. The van der Waals surface area contributed by atoms with Gasteiger partial charge in [0.15, 0.2) is 0 Å². The number of para-hydroxylation sites is 1. The molecule has 0 radical (unpaired) electrons. The van der Waals surface area contributed by atoms with Crippen molar-refractivity contribution in [3.05, 3.63) is 90.1 Å². The maximum absolute atomic E-state index is 10.8. The second kappa shape index (κ2) is 5.24. The lowest BCUT2D eigenvalue weighted by molar-refractivity contribution is 0.217. The van der Waals surface area contributed by atoms with Crippen molar-refractivity contribution in [2.24, 2.45) is 0 Å². The number of pyridine rings is 1. The number of hydrogen-bond acceptors (Lipinski definition) is 2. The van der Waals surface area contributed by atoms with Gasteiger partial charge in [-0.05, 0) is 17.0 Å². The summed E-state index contributed by atoms with van der Waals surface area (Å²) in [6.45, 7) is 0. The lowest BCUT2D eigenvalue weighted by Gasteiger charge is -2.15. The highest BCUT2D eigenvalue weighted by molar-refractivity contribution is 6.06. The van der Waals surface area contributed by atoms with Gasteiger partial charge in [-0.25, -0.2) is 4.98 Å². The zero-order valence-corrected chi connectivity index (χ0v) is 12.0. The summed E-state index contributed by atoms with van der Waals surface area (Å²) in [6.07, 6.45) is -0.726. The van der Waals surface area contributed by atoms with Crippen LogP contribution >= 0.6 is 0 Å². The number of benzene rings is 3. The second-order valence-corrected chi connectivity index (χ2v) is 5.37. The molecule has 4 rings (SSSR count). The smallest absolute Gasteiger partial charge is 0.122 e. The molecule has 1 N–H and O–H groups in total. The van der Waals surface area contributed by atoms with Gasteiger partial charge in [0.05, 0.1) is 11.2 Å². The molecule has 0 saturated carbocycles. The summed E-state index contributed by atoms with van der Waals surface area (Å²) in [6, 6.07) is 25.8. The zero-order chi connectivity index (χ0) is 14.9. The average Bonchev–Trinajstić information content (AvgIpc) is 2.61. The molecule has 1 aromatic heterocycles. The zero-order valence-electron chi connectivity index (χ0n) is 12.0. The van der Waals surface area contributed by atoms with Crippen molar-refractivity contribution in [1.82, 2.24) is 4.98 Å². The molecule has 1 heterocycles. The molecule has 0 aliphatic rings. The molecule has 0 aliphatic heterocycles. The highest BCUT2D eigenvalue weighted by Crippen LogP contribution is 2.31. The van der Waals surface area contributed by atoms with Crippen molar-refractivity contribution in [3.63, 3.8) is 0 Å². The van der Waals surface area contributed by atoms with Crippen LogP contribution in [0.1, 0.15) is 17.4 Å². The number of fused-ring (bicyclic) bond motifs is 3. The van der Waals surface area contributed by atoms with Crippen molar-refractivity contribution in [1.29, 1.82) is 0 Å². The third kappa shape index (κ3) is 2.05. The van der Waals surface area contributed by atoms with Crippen molar-refractivity contribution in [2.45, 2.75) is 6.10 Å². The van der Waals surface area contributed by atoms with Crippen molar-refractivity contribution in [3.8, 4) is 0 Å². The van der Waals surface area contributed by atoms with Crippen LogP contribution in [0.4, 0.5) is 0 Å². The van der Waals surface area contributed by atoms with E-state index in [0.717, 1.165) is 27.2 Å². The summed E-state index contributed by atoms with van der Waals surface area (Å²) in [5.41, 5.74) is 2.47. The summed E-state index contributed by atoms with van der Waals surface area (Å²) in [4.78, 5) is 4.73. The van der Waals surface area contributed by atoms with Gasteiger partial charge in [-0.3, -0.25) is 0 Å². The Labute approximate surface area is 128 Å². The number of aliphatic hydroxyl groups excluding tert-OH is 1. The quantitative estimate of drug-likeness (QED) is 0.551. The lowest BCUT2D eigenvalue weighted by Crippen LogP contribution is -2.03. The molecule has 22 heavy (non-hydrogen) atoms. The van der Waals surface area contributed by atoms with Gasteiger partial charge in [0.25, 0.3) is 0 Å². The summed E-state index contributed by atoms with van der Waals surface area (Å²) in [5, 5.41) is 14.0. The highest BCUT2D eigenvalue weighted by atomic mass is 16.3. The fraction of sp³-hybridized carbons (Fsp3) is 0.0500. The Kier molecular flexibility index (Phi) is 3.10. The first-order valence-corrected chi connectivity index (χ1v) is 7.35. The van der Waals surface area contributed by atoms with Crippen LogP contribution in [0, 0.1) is 0 Å². The van der Waals surface area contributed by atoms with Crippen LogP contribution in [-0.4, -0.2) is 10.1 Å². The topological polar surface area (TPSA) is 33.1 Å². The first kappa shape index (κ1) is 13.0. The molecule has 1 atom stereocenters. The fourth-order valence-corrected chi connectivity index (χ4v) is 2.93. The van der Waals surface area contributed by atoms with Crippen LogP contribution < -0.4 is 0 Å². The average molecular weight is 285 g/mol. The molecule has 106 valence electrons. The van der Waals surface area contributed by atoms with E-state index in [1.807, 2.05) is 66.7 Å². The minimum Gasteiger partial charge on any atom is -0.382 e. The molecule has 0 spiro atoms. The Bertz CT molecular complexity index is 947. The van der Waals surface area contributed by atoms with Crippen LogP contribution in [0.25, 0.3) is 21.7 Å². The lowest BCUT2D eigenvalue weighted by atomic mass is 9.98. The standard InChI is InChI=1S/C20H15NO/c22-20(14-8-2-1-3-9-14)19-17-12-5-4-10-15(17)16-11-6-7-13-18(16)21-19/h1-13,20,22H/t20-/m0/s1. The van der Waals surface area contributed by atoms with Gasteiger partial charge < -0.3 is 5.11 Å². The number of hydrogen-bond donors (Lipinski definition) is 1. The van der Waals surface area contributed by atoms with E-state index < -0.39 is 6.10 Å². The molecule has 0 unspecified atom stereocenters. The van der Waals surface area contributed by atoms with Gasteiger partial charge in [-0.15, -0.1) is 0 Å². The van der Waals surface area contributed by atoms with Gasteiger partial charge in [-0.2, -0.15) is 0 Å². The Morgan fingerprint density at radius 2 is 1.23 bits per heavy atom. The van der Waals surface area contributed by atoms with Gasteiger partial charge >= 0.3 is 0 Å². The third-order valence-corrected chi connectivity index (χ3v) is 4.01. The Morgan fingerprint density at radius 1 is 0.636 bits per heavy atom. The number of aromatic nitrogens is 1. The molecule has 3 aromatic carbocycles. The van der Waals surface area contributed by atoms with Crippen molar-refractivity contribution < 1.29 is 5.11 Å². The van der Waals surface area contributed by atoms with E-state index in [-0.39, 0.29) is 0 Å². The summed E-state index contributed by atoms with van der Waals surface area (Å²) in [7, 11) is 0. The van der Waals surface area contributed by atoms with Crippen LogP contribution in [0.15, 0.2) is 78.9 Å². The molecule has 2 nitrogen and oxygen atoms in total. The van der Waals surface area contributed by atoms with Crippen molar-refractivity contribution >= 4 is 21.7 Å². The first-order valence-electron chi connectivity index (χ1n) is 7.35. The van der Waals surface area contributed by atoms with E-state index in [0.29, 0.717) is 5.69 Å². The van der Waals surface area contributed by atoms with E-state index in [1.54, 1.807) is 0 Å². The minimum atomic E-state index is -0.726. The van der Waals surface area contributed by atoms with Crippen LogP contribution in [0.5, 0.6) is 0 Å². The molecule has 0 fully saturated rings. The predicted molar refractivity (Wildman–Crippen MR) is 89.8 cm³/mol. The van der Waals surface area contributed by atoms with Crippen LogP contribution in [0.3, 0.4) is 0 Å². The minimum absolute atomic E-state index is 0.709. The van der Waals surface area contributed by atoms with E-state index in [9.17, 15) is 5.11 Å². The Morgan fingerprint density at radius 3 is 2.00 bits per heavy atom. The molecular weight excluding hydrogens is 270 g/mol. The Hall–Kier alpha value is -2.71. The monoisotopic (exact) mass is 285 g/mol. The van der Waals surface area contributed by atoms with Crippen LogP contribution in [-0.2, 0) is 0 Å². The fourth-order valence-electron chi connectivity index (χ4n) is 2.93. The van der Waals surface area contributed by atoms with E-state index in [1.165, 1.54) is 0 Å². The van der Waals surface area contributed by atoms with Gasteiger partial charge in [0.2, 0.25) is 0 Å². The highest BCUT2D eigenvalue weighted by Gasteiger charge is 2.16. The van der Waals surface area contributed by atoms with Gasteiger partial charge in [0.1, 0.15) is 6.10 Å². The Balaban J connectivity index is 2.04. The van der Waals surface area contributed by atoms with Crippen molar-refractivity contribution in [2.75, 3.05) is 0 Å². The largest absolute Gasteiger partial charge is 0.382 e. The summed E-state index contributed by atoms with van der Waals surface area (Å²) in [5.74, 6) is 0. The SMILES string of the molecule is O[C@@H](c1ccccc1)c1nc2ccccc2c2ccccc12. The third-order valence-electron chi connectivity index (χ3n) is 4.01. The number of nitrogens with zero attached hydrogens (tertiary/aromatic N) is 1. The molecular formula is C20H15NO. The van der Waals surface area contributed by atoms with Gasteiger partial charge in [-0.1, -0.05) is 72.8 Å². The molecule has 4 aromatic rings. The molecule has 0 bridgehead atoms. The number of rotatable bonds is 2. The first-order chi connectivity index (χ1) is 10.8. The van der Waals surface area contributed by atoms with Crippen LogP contribution in [0.2, 0.25) is 0 Å². The van der Waals surface area contributed by atoms with E-state index >= 15 is 0 Å². The van der Waals surface area contributed by atoms with E-state index in [4.69, 9.17) is 4.98 Å². The van der Waals surface area contributed by atoms with Gasteiger partial charge in [0, 0.05) is 10.8 Å². The van der Waals surface area contributed by atoms with E-state index in [2.05, 4.69) is 12.1 Å². The maximum Gasteiger partial charge on any atom is 0.122 e. The predicted octanol–water partition coefficient (Wildman–Crippen LogP) is 4.47. The molecule has 0 saturated heterocycles. The molecule has 2 heteroatoms. The second-order valence-electron chi connectivity index (χ2n) is 5.37. The molecule has 0 amide bonds. The summed E-state index contributed by atoms with van der Waals surface area (Å²) >= 11 is 0. The normalized spacial score (nSPS) is 12.6.